The van der Waals surface area contributed by atoms with Crippen LogP contribution in [0.15, 0.2) is 134 Å². The lowest BCUT2D eigenvalue weighted by Gasteiger charge is -2.15. The maximum Gasteiger partial charge on any atom is 0.306 e. The minimum Gasteiger partial charge on any atom is -0.457 e. The van der Waals surface area contributed by atoms with E-state index in [9.17, 15) is 9.90 Å². The minimum absolute atomic E-state index is 0.227. The van der Waals surface area contributed by atoms with Crippen molar-refractivity contribution < 1.29 is 19.4 Å². The molecule has 1 atom stereocenters. The highest BCUT2D eigenvalue weighted by Crippen LogP contribution is 2.04. The van der Waals surface area contributed by atoms with Crippen molar-refractivity contribution in [2.24, 2.45) is 0 Å². The van der Waals surface area contributed by atoms with Crippen LogP contribution in [0, 0.1) is 0 Å². The van der Waals surface area contributed by atoms with Crippen LogP contribution in [-0.2, 0) is 14.3 Å². The summed E-state index contributed by atoms with van der Waals surface area (Å²) < 4.78 is 11.0. The SMILES string of the molecule is CC/C=C\C/C=C\C/C=C\C/C=C\C/C=C\C/C=C\C/C=C\CCCCOCC(CO)OC(=O)CC/C=C\C/C=C\C/C=C\C/C=C\CC. The molecule has 1 unspecified atom stereocenters. The van der Waals surface area contributed by atoms with E-state index in [1.807, 2.05) is 6.08 Å². The van der Waals surface area contributed by atoms with Crippen molar-refractivity contribution in [1.29, 1.82) is 0 Å². The van der Waals surface area contributed by atoms with E-state index >= 15 is 0 Å². The van der Waals surface area contributed by atoms with Crippen LogP contribution in [0.2, 0.25) is 0 Å². The van der Waals surface area contributed by atoms with E-state index in [4.69, 9.17) is 9.47 Å². The molecule has 0 bridgehead atoms. The van der Waals surface area contributed by atoms with Gasteiger partial charge in [0.2, 0.25) is 0 Å². The quantitative estimate of drug-likeness (QED) is 0.0439. The number of carbonyl (C=O) groups is 1. The van der Waals surface area contributed by atoms with Crippen LogP contribution in [0.4, 0.5) is 0 Å². The summed E-state index contributed by atoms with van der Waals surface area (Å²) in [6.07, 6.45) is 62.3. The van der Waals surface area contributed by atoms with Crippen LogP contribution in [0.1, 0.15) is 117 Å². The summed E-state index contributed by atoms with van der Waals surface area (Å²) in [4.78, 5) is 12.1. The lowest BCUT2D eigenvalue weighted by Crippen LogP contribution is -2.27. The number of aliphatic hydroxyl groups excluding tert-OH is 1. The summed E-state index contributed by atoms with van der Waals surface area (Å²) in [5, 5.41) is 9.54. The van der Waals surface area contributed by atoms with Crippen LogP contribution >= 0.6 is 0 Å². The van der Waals surface area contributed by atoms with Gasteiger partial charge in [-0.3, -0.25) is 4.79 Å². The molecule has 4 nitrogen and oxygen atoms in total. The van der Waals surface area contributed by atoms with E-state index in [0.717, 1.165) is 89.9 Å². The van der Waals surface area contributed by atoms with E-state index in [-0.39, 0.29) is 19.2 Å². The molecule has 0 heterocycles. The molecule has 1 N–H and O–H groups in total. The van der Waals surface area contributed by atoms with Gasteiger partial charge >= 0.3 is 5.97 Å². The Balaban J connectivity index is 3.71. The second-order valence-electron chi connectivity index (χ2n) is 11.5. The Kier molecular flexibility index (Phi) is 37.8. The van der Waals surface area contributed by atoms with Crippen molar-refractivity contribution in [3.8, 4) is 0 Å². The van der Waals surface area contributed by atoms with Gasteiger partial charge in [0.15, 0.2) is 0 Å². The van der Waals surface area contributed by atoms with Gasteiger partial charge in [0.1, 0.15) is 6.10 Å². The van der Waals surface area contributed by atoms with Crippen molar-refractivity contribution in [2.75, 3.05) is 19.8 Å². The summed E-state index contributed by atoms with van der Waals surface area (Å²) in [6.45, 7) is 4.89. The normalized spacial score (nSPS) is 13.9. The molecule has 0 aliphatic heterocycles. The molecular weight excluding hydrogens is 604 g/mol. The standard InChI is InChI=1S/C45H68O4/c1-3-5-7-9-11-13-15-17-18-19-20-21-22-23-24-25-26-27-29-31-33-35-37-39-41-48-43-44(42-46)49-45(47)40-38-36-34-32-30-28-16-14-12-10-8-6-4-2/h5-8,11-14,17-18,20-21,23-24,26-28,30-31,33-34,36,44,46H,3-4,9-10,15-16,19,22,25,29,32,35,37-43H2,1-2H3/b7-5-,8-6-,13-11-,14-12-,18-17-,21-20-,24-23-,27-26-,30-28-,33-31-,36-34-. The van der Waals surface area contributed by atoms with E-state index in [2.05, 4.69) is 141 Å². The first-order valence-corrected chi connectivity index (χ1v) is 18.8. The molecule has 49 heavy (non-hydrogen) atoms. The van der Waals surface area contributed by atoms with Crippen LogP contribution in [-0.4, -0.2) is 37.0 Å². The van der Waals surface area contributed by atoms with E-state index in [1.165, 1.54) is 0 Å². The van der Waals surface area contributed by atoms with Gasteiger partial charge in [0, 0.05) is 13.0 Å². The van der Waals surface area contributed by atoms with Gasteiger partial charge in [-0.25, -0.2) is 0 Å². The number of aliphatic hydroxyl groups is 1. The van der Waals surface area contributed by atoms with Crippen molar-refractivity contribution >= 4 is 5.97 Å². The lowest BCUT2D eigenvalue weighted by atomic mass is 10.2. The largest absolute Gasteiger partial charge is 0.457 e. The maximum atomic E-state index is 12.1. The fourth-order valence-electron chi connectivity index (χ4n) is 4.26. The van der Waals surface area contributed by atoms with Crippen LogP contribution < -0.4 is 0 Å². The Morgan fingerprint density at radius 2 is 0.837 bits per heavy atom. The Morgan fingerprint density at radius 3 is 1.20 bits per heavy atom. The van der Waals surface area contributed by atoms with E-state index < -0.39 is 6.10 Å². The minimum atomic E-state index is -0.605. The van der Waals surface area contributed by atoms with Crippen molar-refractivity contribution in [3.05, 3.63) is 134 Å². The molecule has 0 aliphatic carbocycles. The molecule has 0 aromatic heterocycles. The smallest absolute Gasteiger partial charge is 0.306 e. The highest BCUT2D eigenvalue weighted by Gasteiger charge is 2.13. The fourth-order valence-corrected chi connectivity index (χ4v) is 4.26. The van der Waals surface area contributed by atoms with Gasteiger partial charge < -0.3 is 14.6 Å². The third-order valence-corrected chi connectivity index (χ3v) is 6.98. The topological polar surface area (TPSA) is 55.8 Å². The number of unbranched alkanes of at least 4 members (excludes halogenated alkanes) is 2. The number of allylic oxidation sites excluding steroid dienone is 22. The predicted molar refractivity (Wildman–Crippen MR) is 214 cm³/mol. The molecule has 0 rings (SSSR count). The monoisotopic (exact) mass is 673 g/mol. The van der Waals surface area contributed by atoms with Gasteiger partial charge in [-0.2, -0.15) is 0 Å². The van der Waals surface area contributed by atoms with Gasteiger partial charge in [-0.15, -0.1) is 0 Å². The number of hydrogen-bond acceptors (Lipinski definition) is 4. The Bertz CT molecular complexity index is 1060. The highest BCUT2D eigenvalue weighted by molar-refractivity contribution is 5.69. The van der Waals surface area contributed by atoms with Gasteiger partial charge in [0.25, 0.3) is 0 Å². The average molecular weight is 673 g/mol. The van der Waals surface area contributed by atoms with Crippen LogP contribution in [0.5, 0.6) is 0 Å². The average Bonchev–Trinajstić information content (AvgIpc) is 3.11. The molecule has 4 heteroatoms. The Hall–Kier alpha value is -3.47. The van der Waals surface area contributed by atoms with Crippen molar-refractivity contribution in [1.82, 2.24) is 0 Å². The van der Waals surface area contributed by atoms with Crippen LogP contribution in [0.25, 0.3) is 0 Å². The zero-order valence-corrected chi connectivity index (χ0v) is 30.9. The second kappa shape index (κ2) is 40.7. The molecule has 0 aliphatic rings. The van der Waals surface area contributed by atoms with Gasteiger partial charge in [0.05, 0.1) is 13.2 Å². The third kappa shape index (κ3) is 38.9. The summed E-state index contributed by atoms with van der Waals surface area (Å²) >= 11 is 0. The molecule has 0 saturated carbocycles. The summed E-state index contributed by atoms with van der Waals surface area (Å²) in [7, 11) is 0. The van der Waals surface area contributed by atoms with Crippen molar-refractivity contribution in [2.45, 2.75) is 123 Å². The zero-order chi connectivity index (χ0) is 35.6. The maximum absolute atomic E-state index is 12.1. The van der Waals surface area contributed by atoms with Crippen LogP contribution in [0.3, 0.4) is 0 Å². The van der Waals surface area contributed by atoms with E-state index in [1.54, 1.807) is 0 Å². The molecule has 0 radical (unpaired) electrons. The number of hydrogen-bond donors (Lipinski definition) is 1. The zero-order valence-electron chi connectivity index (χ0n) is 30.9. The molecule has 0 saturated heterocycles. The summed E-state index contributed by atoms with van der Waals surface area (Å²) in [5.41, 5.74) is 0. The number of carbonyl (C=O) groups excluding carboxylic acids is 1. The highest BCUT2D eigenvalue weighted by atomic mass is 16.6. The van der Waals surface area contributed by atoms with E-state index in [0.29, 0.717) is 19.4 Å². The van der Waals surface area contributed by atoms with Gasteiger partial charge in [-0.05, 0) is 96.3 Å². The van der Waals surface area contributed by atoms with Gasteiger partial charge in [-0.1, -0.05) is 148 Å². The molecule has 0 aromatic carbocycles. The first-order valence-electron chi connectivity index (χ1n) is 18.8. The number of esters is 1. The number of rotatable bonds is 32. The molecule has 0 spiro atoms. The first-order chi connectivity index (χ1) is 24.2. The fraction of sp³-hybridized carbons (Fsp3) is 0.489. The molecule has 272 valence electrons. The Morgan fingerprint density at radius 1 is 0.490 bits per heavy atom. The third-order valence-electron chi connectivity index (χ3n) is 6.98. The molecule has 0 fully saturated rings. The molecular formula is C45H68O4. The molecule has 0 amide bonds. The molecule has 0 aromatic rings. The Labute approximate surface area is 300 Å². The lowest BCUT2D eigenvalue weighted by molar-refractivity contribution is -0.154. The second-order valence-corrected chi connectivity index (χ2v) is 11.5. The number of ether oxygens (including phenoxy) is 2. The predicted octanol–water partition coefficient (Wildman–Crippen LogP) is 12.3. The summed E-state index contributed by atoms with van der Waals surface area (Å²) in [6, 6.07) is 0. The first kappa shape index (κ1) is 45.5. The summed E-state index contributed by atoms with van der Waals surface area (Å²) in [5.74, 6) is -0.304. The van der Waals surface area contributed by atoms with Crippen molar-refractivity contribution in [3.63, 3.8) is 0 Å².